The predicted molar refractivity (Wildman–Crippen MR) is 175 cm³/mol. The molecule has 0 radical (unpaired) electrons. The van der Waals surface area contributed by atoms with E-state index in [9.17, 15) is 30.0 Å². The van der Waals surface area contributed by atoms with Crippen molar-refractivity contribution in [3.05, 3.63) is 75.8 Å². The average Bonchev–Trinajstić information content (AvgIpc) is 3.72. The van der Waals surface area contributed by atoms with E-state index >= 15 is 0 Å². The van der Waals surface area contributed by atoms with Crippen molar-refractivity contribution in [2.45, 2.75) is 61.4 Å². The van der Waals surface area contributed by atoms with E-state index in [1.54, 1.807) is 18.2 Å². The molecule has 17 nitrogen and oxygen atoms in total. The SMILES string of the molecule is COc1c(OCO)ccc2c1OC1c3c(cc(OC4OC(C(OC(=O)CC(=O)O)C(N)N)C(O)C(O)C4O)cc3C3=c4ccccc4=NC3)OCC21. The second kappa shape index (κ2) is 14.2. The molecule has 52 heavy (non-hydrogen) atoms. The van der Waals surface area contributed by atoms with E-state index in [2.05, 4.69) is 0 Å². The zero-order chi connectivity index (χ0) is 36.8. The Labute approximate surface area is 295 Å². The summed E-state index contributed by atoms with van der Waals surface area (Å²) in [5, 5.41) is 52.6. The van der Waals surface area contributed by atoms with Gasteiger partial charge in [-0.2, -0.15) is 0 Å². The Hall–Kier alpha value is -5.01. The monoisotopic (exact) mass is 723 g/mol. The van der Waals surface area contributed by atoms with Crippen molar-refractivity contribution in [1.29, 1.82) is 0 Å². The van der Waals surface area contributed by atoms with E-state index in [1.807, 2.05) is 30.3 Å². The third kappa shape index (κ3) is 6.25. The van der Waals surface area contributed by atoms with E-state index in [1.165, 1.54) is 7.11 Å². The number of carbonyl (C=O) groups excluding carboxylic acids is 1. The van der Waals surface area contributed by atoms with Crippen LogP contribution in [0.2, 0.25) is 0 Å². The average molecular weight is 724 g/mol. The van der Waals surface area contributed by atoms with Crippen LogP contribution in [-0.2, 0) is 19.1 Å². The molecule has 1 saturated heterocycles. The molecule has 0 bridgehead atoms. The van der Waals surface area contributed by atoms with Crippen molar-refractivity contribution in [1.82, 2.24) is 0 Å². The van der Waals surface area contributed by atoms with Gasteiger partial charge in [-0.3, -0.25) is 14.6 Å². The lowest BCUT2D eigenvalue weighted by atomic mass is 9.84. The zero-order valence-corrected chi connectivity index (χ0v) is 27.7. The lowest BCUT2D eigenvalue weighted by Gasteiger charge is -2.43. The Morgan fingerprint density at radius 2 is 1.85 bits per heavy atom. The number of ether oxygens (including phenoxy) is 7. The van der Waals surface area contributed by atoms with Gasteiger partial charge in [0.15, 0.2) is 24.4 Å². The molecule has 8 atom stereocenters. The number of carboxylic acid groups (broad SMARTS) is 1. The van der Waals surface area contributed by atoms with Crippen molar-refractivity contribution in [3.63, 3.8) is 0 Å². The number of carboxylic acids is 1. The Morgan fingerprint density at radius 3 is 2.58 bits per heavy atom. The number of aliphatic hydroxyl groups excluding tert-OH is 4. The number of nitrogens with two attached hydrogens (primary N) is 2. The first-order valence-electron chi connectivity index (χ1n) is 16.3. The standard InChI is InChI=1S/C35H37N3O14/c1-46-31-21(48-13-39)7-6-16-19-12-47-22-9-14(8-17(25(22)29(19)51-30(16)31)18-11-38-20-5-3-2-4-15(18)20)49-35-28(45)26(43)27(44)32(52-35)33(34(36)37)50-24(42)10-23(40)41/h2-9,19,26-29,32-35,39,43-45H,10-13,36-37H2,1H3,(H,40,41). The molecule has 0 spiro atoms. The first kappa shape index (κ1) is 35.4. The summed E-state index contributed by atoms with van der Waals surface area (Å²) in [7, 11) is 1.48. The molecular formula is C35H37N3O14. The third-order valence-corrected chi connectivity index (χ3v) is 9.45. The normalized spacial score (nSPS) is 26.1. The Balaban J connectivity index is 1.27. The van der Waals surface area contributed by atoms with E-state index in [4.69, 9.17) is 54.7 Å². The molecule has 0 aliphatic carbocycles. The van der Waals surface area contributed by atoms with Gasteiger partial charge in [0.1, 0.15) is 48.4 Å². The smallest absolute Gasteiger partial charge is 0.317 e. The summed E-state index contributed by atoms with van der Waals surface area (Å²) >= 11 is 0. The number of benzene rings is 3. The van der Waals surface area contributed by atoms with Gasteiger partial charge < -0.3 is 70.2 Å². The number of aliphatic carboxylic acids is 1. The van der Waals surface area contributed by atoms with Gasteiger partial charge in [-0.05, 0) is 29.3 Å². The van der Waals surface area contributed by atoms with Crippen molar-refractivity contribution < 1.29 is 68.3 Å². The molecule has 4 aliphatic heterocycles. The zero-order valence-electron chi connectivity index (χ0n) is 27.7. The molecule has 0 saturated carbocycles. The van der Waals surface area contributed by atoms with E-state index in [0.717, 1.165) is 21.7 Å². The van der Waals surface area contributed by atoms with Crippen LogP contribution < -0.4 is 45.7 Å². The largest absolute Gasteiger partial charge is 0.492 e. The molecule has 4 heterocycles. The quantitative estimate of drug-likeness (QED) is 0.0659. The number of carbonyl (C=O) groups is 2. The van der Waals surface area contributed by atoms with Gasteiger partial charge in [0.05, 0.1) is 37.7 Å². The molecule has 0 aromatic heterocycles. The van der Waals surface area contributed by atoms with E-state index in [0.29, 0.717) is 40.7 Å². The van der Waals surface area contributed by atoms with Crippen LogP contribution in [-0.4, -0.2) is 108 Å². The first-order chi connectivity index (χ1) is 25.0. The highest BCUT2D eigenvalue weighted by atomic mass is 16.7. The summed E-state index contributed by atoms with van der Waals surface area (Å²) in [4.78, 5) is 28.0. The maximum Gasteiger partial charge on any atom is 0.317 e. The number of methoxy groups -OCH3 is 1. The van der Waals surface area contributed by atoms with Gasteiger partial charge in [-0.15, -0.1) is 0 Å². The number of esters is 1. The maximum atomic E-state index is 12.2. The molecule has 0 amide bonds. The van der Waals surface area contributed by atoms with E-state index in [-0.39, 0.29) is 18.3 Å². The predicted octanol–water partition coefficient (Wildman–Crippen LogP) is -1.72. The Morgan fingerprint density at radius 1 is 1.06 bits per heavy atom. The molecule has 1 fully saturated rings. The third-order valence-electron chi connectivity index (χ3n) is 9.45. The van der Waals surface area contributed by atoms with Gasteiger partial charge in [0.25, 0.3) is 0 Å². The summed E-state index contributed by atoms with van der Waals surface area (Å²) < 4.78 is 41.1. The maximum absolute atomic E-state index is 12.2. The fourth-order valence-electron chi connectivity index (χ4n) is 7.08. The van der Waals surface area contributed by atoms with Crippen LogP contribution in [0.25, 0.3) is 5.57 Å². The highest BCUT2D eigenvalue weighted by molar-refractivity contribution is 5.90. The summed E-state index contributed by atoms with van der Waals surface area (Å²) in [6.45, 7) is -0.0565. The van der Waals surface area contributed by atoms with Gasteiger partial charge >= 0.3 is 11.9 Å². The number of aliphatic hydroxyl groups is 4. The summed E-state index contributed by atoms with van der Waals surface area (Å²) in [6, 6.07) is 14.4. The van der Waals surface area contributed by atoms with Gasteiger partial charge in [0.2, 0.25) is 12.0 Å². The molecule has 8 unspecified atom stereocenters. The minimum absolute atomic E-state index is 0.124. The van der Waals surface area contributed by atoms with Crippen LogP contribution in [0, 0.1) is 0 Å². The number of para-hydroxylation sites is 1. The van der Waals surface area contributed by atoms with Crippen LogP contribution in [0.1, 0.15) is 35.1 Å². The summed E-state index contributed by atoms with van der Waals surface area (Å²) in [6.07, 6.45) is -13.6. The highest BCUT2D eigenvalue weighted by Gasteiger charge is 2.51. The molecule has 3 aromatic carbocycles. The van der Waals surface area contributed by atoms with Crippen LogP contribution in [0.4, 0.5) is 0 Å². The van der Waals surface area contributed by atoms with Crippen molar-refractivity contribution in [2.75, 3.05) is 27.1 Å². The molecule has 276 valence electrons. The van der Waals surface area contributed by atoms with Crippen LogP contribution in [0.5, 0.6) is 28.7 Å². The van der Waals surface area contributed by atoms with Gasteiger partial charge in [-0.25, -0.2) is 0 Å². The second-order valence-corrected chi connectivity index (χ2v) is 12.6. The molecule has 17 heteroatoms. The molecular weight excluding hydrogens is 686 g/mol. The number of nitrogens with zero attached hydrogens (tertiary/aromatic N) is 1. The van der Waals surface area contributed by atoms with E-state index < -0.39 is 74.2 Å². The lowest BCUT2D eigenvalue weighted by Crippen LogP contribution is -2.66. The fourth-order valence-corrected chi connectivity index (χ4v) is 7.08. The van der Waals surface area contributed by atoms with Gasteiger partial charge in [0, 0.05) is 22.4 Å². The Bertz CT molecular complexity index is 2010. The molecule has 3 aromatic rings. The number of rotatable bonds is 11. The summed E-state index contributed by atoms with van der Waals surface area (Å²) in [5.74, 6) is -1.38. The first-order valence-corrected chi connectivity index (χ1v) is 16.3. The van der Waals surface area contributed by atoms with Crippen LogP contribution >= 0.6 is 0 Å². The van der Waals surface area contributed by atoms with Crippen LogP contribution in [0.3, 0.4) is 0 Å². The minimum atomic E-state index is -1.88. The fraction of sp³-hybridized carbons (Fsp3) is 0.400. The van der Waals surface area contributed by atoms with Gasteiger partial charge in [-0.1, -0.05) is 24.3 Å². The summed E-state index contributed by atoms with van der Waals surface area (Å²) in [5.41, 5.74) is 14.6. The van der Waals surface area contributed by atoms with Crippen molar-refractivity contribution >= 4 is 17.5 Å². The molecule has 7 rings (SSSR count). The molecule has 4 aliphatic rings. The minimum Gasteiger partial charge on any atom is -0.492 e. The second-order valence-electron chi connectivity index (χ2n) is 12.6. The number of fused-ring (bicyclic) bond motifs is 6. The lowest BCUT2D eigenvalue weighted by molar-refractivity contribution is -0.291. The van der Waals surface area contributed by atoms with Crippen molar-refractivity contribution in [3.8, 4) is 28.7 Å². The number of hydrogen-bond acceptors (Lipinski definition) is 16. The molecule has 9 N–H and O–H groups in total. The number of hydrogen-bond donors (Lipinski definition) is 7. The Kier molecular flexibility index (Phi) is 9.66. The topological polar surface area (TPSA) is 264 Å². The van der Waals surface area contributed by atoms with Crippen molar-refractivity contribution in [2.24, 2.45) is 16.5 Å². The highest BCUT2D eigenvalue weighted by Crippen LogP contribution is 2.57. The van der Waals surface area contributed by atoms with Crippen LogP contribution in [0.15, 0.2) is 53.5 Å².